The van der Waals surface area contributed by atoms with Crippen LogP contribution in [0.5, 0.6) is 5.75 Å². The topological polar surface area (TPSA) is 41.6 Å². The molecule has 0 heterocycles. The fourth-order valence-electron chi connectivity index (χ4n) is 2.12. The second-order valence-electron chi connectivity index (χ2n) is 5.62. The number of amides is 1. The van der Waals surface area contributed by atoms with Crippen molar-refractivity contribution in [3.63, 3.8) is 0 Å². The Hall–Kier alpha value is -2.27. The Morgan fingerprint density at radius 3 is 2.62 bits per heavy atom. The van der Waals surface area contributed by atoms with Crippen LogP contribution in [0.15, 0.2) is 36.4 Å². The summed E-state index contributed by atoms with van der Waals surface area (Å²) in [6.45, 7) is 2.10. The third-order valence-corrected chi connectivity index (χ3v) is 3.78. The van der Waals surface area contributed by atoms with E-state index in [-0.39, 0.29) is 24.0 Å². The molecule has 2 rings (SSSR count). The molecular formula is C18H20ClFN2O2. The molecule has 2 aromatic rings. The Labute approximate surface area is 146 Å². The summed E-state index contributed by atoms with van der Waals surface area (Å²) in [6, 6.07) is 9.70. The summed E-state index contributed by atoms with van der Waals surface area (Å²) in [5, 5.41) is 3.04. The average Bonchev–Trinajstić information content (AvgIpc) is 2.51. The molecule has 2 aromatic carbocycles. The van der Waals surface area contributed by atoms with Crippen molar-refractivity contribution in [1.29, 1.82) is 0 Å². The van der Waals surface area contributed by atoms with Crippen molar-refractivity contribution in [2.24, 2.45) is 0 Å². The van der Waals surface area contributed by atoms with Gasteiger partial charge in [0.1, 0.15) is 11.6 Å². The van der Waals surface area contributed by atoms with Gasteiger partial charge in [-0.05, 0) is 48.9 Å². The Balaban J connectivity index is 1.87. The molecule has 24 heavy (non-hydrogen) atoms. The molecule has 0 spiro atoms. The van der Waals surface area contributed by atoms with Crippen LogP contribution in [0, 0.1) is 12.7 Å². The van der Waals surface area contributed by atoms with Crippen LogP contribution in [-0.4, -0.2) is 26.6 Å². The minimum absolute atomic E-state index is 0.158. The van der Waals surface area contributed by atoms with Crippen LogP contribution in [0.3, 0.4) is 0 Å². The Kier molecular flexibility index (Phi) is 6.04. The third-order valence-electron chi connectivity index (χ3n) is 3.48. The van der Waals surface area contributed by atoms with Crippen LogP contribution in [-0.2, 0) is 4.79 Å². The largest absolute Gasteiger partial charge is 0.491 e. The van der Waals surface area contributed by atoms with Gasteiger partial charge in [-0.15, -0.1) is 0 Å². The Morgan fingerprint density at radius 2 is 2.00 bits per heavy atom. The molecule has 0 aliphatic rings. The van der Waals surface area contributed by atoms with Gasteiger partial charge in [-0.25, -0.2) is 4.39 Å². The van der Waals surface area contributed by atoms with Crippen molar-refractivity contribution < 1.29 is 13.9 Å². The molecule has 0 aliphatic heterocycles. The van der Waals surface area contributed by atoms with Gasteiger partial charge < -0.3 is 15.0 Å². The summed E-state index contributed by atoms with van der Waals surface area (Å²) < 4.78 is 18.4. The standard InChI is InChI=1S/C18H20ClFN2O2/c1-12-10-14(22(2)3)5-6-16(12)21-18(23)8-9-24-17-7-4-13(20)11-15(17)19/h4-7,10-11H,8-9H2,1-3H3,(H,21,23). The van der Waals surface area contributed by atoms with Crippen molar-refractivity contribution in [3.05, 3.63) is 52.8 Å². The molecule has 0 aliphatic carbocycles. The van der Waals surface area contributed by atoms with Crippen LogP contribution in [0.4, 0.5) is 15.8 Å². The third kappa shape index (κ3) is 4.86. The van der Waals surface area contributed by atoms with E-state index in [9.17, 15) is 9.18 Å². The summed E-state index contributed by atoms with van der Waals surface area (Å²) in [5.74, 6) is -0.229. The summed E-state index contributed by atoms with van der Waals surface area (Å²) in [4.78, 5) is 14.0. The van der Waals surface area contributed by atoms with Gasteiger partial charge in [0.15, 0.2) is 0 Å². The average molecular weight is 351 g/mol. The zero-order valence-corrected chi connectivity index (χ0v) is 14.7. The van der Waals surface area contributed by atoms with Gasteiger partial charge in [0.05, 0.1) is 18.1 Å². The van der Waals surface area contributed by atoms with Gasteiger partial charge >= 0.3 is 0 Å². The maximum atomic E-state index is 12.9. The van der Waals surface area contributed by atoms with E-state index in [0.29, 0.717) is 5.75 Å². The maximum absolute atomic E-state index is 12.9. The predicted molar refractivity (Wildman–Crippen MR) is 95.7 cm³/mol. The zero-order chi connectivity index (χ0) is 17.7. The molecule has 4 nitrogen and oxygen atoms in total. The minimum atomic E-state index is -0.429. The second kappa shape index (κ2) is 8.02. The molecule has 0 radical (unpaired) electrons. The number of benzene rings is 2. The fraction of sp³-hybridized carbons (Fsp3) is 0.278. The number of carbonyl (C=O) groups is 1. The van der Waals surface area contributed by atoms with Gasteiger partial charge in [-0.1, -0.05) is 11.6 Å². The molecule has 0 aromatic heterocycles. The van der Waals surface area contributed by atoms with E-state index >= 15 is 0 Å². The Morgan fingerprint density at radius 1 is 1.25 bits per heavy atom. The Bertz CT molecular complexity index is 735. The lowest BCUT2D eigenvalue weighted by atomic mass is 10.1. The van der Waals surface area contributed by atoms with Crippen molar-refractivity contribution in [2.45, 2.75) is 13.3 Å². The van der Waals surface area contributed by atoms with Crippen LogP contribution in [0.2, 0.25) is 5.02 Å². The molecule has 0 saturated heterocycles. The quantitative estimate of drug-likeness (QED) is 0.846. The van der Waals surface area contributed by atoms with Gasteiger partial charge in [0.25, 0.3) is 0 Å². The first-order chi connectivity index (χ1) is 11.4. The molecule has 0 saturated carbocycles. The molecule has 0 bridgehead atoms. The van der Waals surface area contributed by atoms with Gasteiger partial charge in [-0.3, -0.25) is 4.79 Å². The molecule has 0 fully saturated rings. The lowest BCUT2D eigenvalue weighted by Crippen LogP contribution is -2.16. The number of hydrogen-bond donors (Lipinski definition) is 1. The van der Waals surface area contributed by atoms with Crippen LogP contribution in [0.1, 0.15) is 12.0 Å². The first kappa shape index (κ1) is 18.1. The number of halogens is 2. The first-order valence-corrected chi connectivity index (χ1v) is 7.90. The highest BCUT2D eigenvalue weighted by Crippen LogP contribution is 2.25. The van der Waals surface area contributed by atoms with E-state index in [0.717, 1.165) is 16.9 Å². The first-order valence-electron chi connectivity index (χ1n) is 7.52. The second-order valence-corrected chi connectivity index (χ2v) is 6.02. The SMILES string of the molecule is Cc1cc(N(C)C)ccc1NC(=O)CCOc1ccc(F)cc1Cl. The fourth-order valence-corrected chi connectivity index (χ4v) is 2.35. The number of anilines is 2. The highest BCUT2D eigenvalue weighted by Gasteiger charge is 2.08. The monoisotopic (exact) mass is 350 g/mol. The van der Waals surface area contributed by atoms with Crippen molar-refractivity contribution in [1.82, 2.24) is 0 Å². The molecule has 1 N–H and O–H groups in total. The van der Waals surface area contributed by atoms with Crippen molar-refractivity contribution in [2.75, 3.05) is 30.9 Å². The smallest absolute Gasteiger partial charge is 0.227 e. The molecule has 1 amide bonds. The molecule has 6 heteroatoms. The van der Waals surface area contributed by atoms with Crippen LogP contribution < -0.4 is 15.0 Å². The highest BCUT2D eigenvalue weighted by atomic mass is 35.5. The number of ether oxygens (including phenoxy) is 1. The maximum Gasteiger partial charge on any atom is 0.227 e. The van der Waals surface area contributed by atoms with E-state index in [1.54, 1.807) is 0 Å². The molecule has 0 atom stereocenters. The van der Waals surface area contributed by atoms with Crippen LogP contribution >= 0.6 is 11.6 Å². The number of nitrogens with one attached hydrogen (secondary N) is 1. The van der Waals surface area contributed by atoms with Gasteiger partial charge in [0.2, 0.25) is 5.91 Å². The summed E-state index contributed by atoms with van der Waals surface area (Å²) in [7, 11) is 3.93. The lowest BCUT2D eigenvalue weighted by molar-refractivity contribution is -0.116. The van der Waals surface area contributed by atoms with E-state index in [2.05, 4.69) is 5.32 Å². The van der Waals surface area contributed by atoms with Crippen molar-refractivity contribution in [3.8, 4) is 5.75 Å². The number of rotatable bonds is 6. The lowest BCUT2D eigenvalue weighted by Gasteiger charge is -2.15. The number of carbonyl (C=O) groups excluding carboxylic acids is 1. The zero-order valence-electron chi connectivity index (χ0n) is 13.9. The van der Waals surface area contributed by atoms with E-state index in [1.165, 1.54) is 18.2 Å². The van der Waals surface area contributed by atoms with Gasteiger partial charge in [0, 0.05) is 25.5 Å². The van der Waals surface area contributed by atoms with Gasteiger partial charge in [-0.2, -0.15) is 0 Å². The van der Waals surface area contributed by atoms with E-state index < -0.39 is 5.82 Å². The number of aryl methyl sites for hydroxylation is 1. The molecule has 128 valence electrons. The predicted octanol–water partition coefficient (Wildman–Crippen LogP) is 4.26. The van der Waals surface area contributed by atoms with E-state index in [1.807, 2.05) is 44.1 Å². The summed E-state index contributed by atoms with van der Waals surface area (Å²) >= 11 is 5.87. The number of nitrogens with zero attached hydrogens (tertiary/aromatic N) is 1. The minimum Gasteiger partial charge on any atom is -0.491 e. The molecular weight excluding hydrogens is 331 g/mol. The van der Waals surface area contributed by atoms with Crippen LogP contribution in [0.25, 0.3) is 0 Å². The van der Waals surface area contributed by atoms with Crippen molar-refractivity contribution >= 4 is 28.9 Å². The molecule has 0 unspecified atom stereocenters. The van der Waals surface area contributed by atoms with E-state index in [4.69, 9.17) is 16.3 Å². The number of hydrogen-bond acceptors (Lipinski definition) is 3. The normalized spacial score (nSPS) is 10.4. The highest BCUT2D eigenvalue weighted by molar-refractivity contribution is 6.32. The summed E-state index contributed by atoms with van der Waals surface area (Å²) in [6.07, 6.45) is 0.169. The summed E-state index contributed by atoms with van der Waals surface area (Å²) in [5.41, 5.74) is 2.82.